The maximum absolute atomic E-state index is 13.1. The Labute approximate surface area is 200 Å². The molecule has 186 valence electrons. The zero-order valence-electron chi connectivity index (χ0n) is 18.8. The number of ether oxygens (including phenoxy) is 2. The van der Waals surface area contributed by atoms with Crippen LogP contribution in [0.4, 0.5) is 13.6 Å². The molecule has 1 saturated heterocycles. The molecular formula is C25H26F2N2O6. The van der Waals surface area contributed by atoms with Crippen LogP contribution in [-0.2, 0) is 19.1 Å². The van der Waals surface area contributed by atoms with Gasteiger partial charge in [0.25, 0.3) is 6.43 Å². The first-order valence-corrected chi connectivity index (χ1v) is 11.4. The van der Waals surface area contributed by atoms with E-state index in [9.17, 15) is 23.2 Å². The first-order valence-electron chi connectivity index (χ1n) is 11.4. The third-order valence-electron chi connectivity index (χ3n) is 6.35. The summed E-state index contributed by atoms with van der Waals surface area (Å²) in [6, 6.07) is 14.1. The smallest absolute Gasteiger partial charge is 0.407 e. The summed E-state index contributed by atoms with van der Waals surface area (Å²) in [6.45, 7) is 0.399. The van der Waals surface area contributed by atoms with Crippen molar-refractivity contribution in [3.63, 3.8) is 0 Å². The number of benzene rings is 2. The minimum atomic E-state index is -3.03. The van der Waals surface area contributed by atoms with E-state index in [0.29, 0.717) is 6.42 Å². The third-order valence-corrected chi connectivity index (χ3v) is 6.35. The number of carboxylic acid groups (broad SMARTS) is 1. The summed E-state index contributed by atoms with van der Waals surface area (Å²) in [5, 5.41) is 13.4. The number of hydrogen-bond donors (Lipinski definition) is 3. The summed E-state index contributed by atoms with van der Waals surface area (Å²) < 4.78 is 37.0. The van der Waals surface area contributed by atoms with E-state index in [1.54, 1.807) is 0 Å². The summed E-state index contributed by atoms with van der Waals surface area (Å²) in [5.41, 5.74) is 4.38. The maximum atomic E-state index is 13.1. The Morgan fingerprint density at radius 3 is 2.29 bits per heavy atom. The molecule has 1 aliphatic heterocycles. The van der Waals surface area contributed by atoms with Crippen molar-refractivity contribution in [1.82, 2.24) is 10.6 Å². The molecule has 0 radical (unpaired) electrons. The first kappa shape index (κ1) is 24.6. The Morgan fingerprint density at radius 1 is 1.06 bits per heavy atom. The molecular weight excluding hydrogens is 462 g/mol. The van der Waals surface area contributed by atoms with Crippen LogP contribution in [0.25, 0.3) is 11.1 Å². The maximum Gasteiger partial charge on any atom is 0.407 e. The highest BCUT2D eigenvalue weighted by Crippen LogP contribution is 2.44. The number of carboxylic acids is 1. The van der Waals surface area contributed by atoms with Crippen molar-refractivity contribution in [2.24, 2.45) is 5.92 Å². The summed E-state index contributed by atoms with van der Waals surface area (Å²) in [4.78, 5) is 35.6. The summed E-state index contributed by atoms with van der Waals surface area (Å²) >= 11 is 0. The molecule has 0 saturated carbocycles. The van der Waals surface area contributed by atoms with Gasteiger partial charge < -0.3 is 25.2 Å². The molecule has 3 unspecified atom stereocenters. The standard InChI is InChI=1S/C25H26F2N2O6/c26-23(27)20(11-21(30)31)29-24(32)22-14(9-10-34-22)12-28-25(33)35-13-19-17-7-3-1-5-15(17)16-6-2-4-8-18(16)19/h1-8,14,19-20,22-23H,9-13H2,(H,28,33)(H,29,32)(H,30,31). The van der Waals surface area contributed by atoms with Gasteiger partial charge in [0.05, 0.1) is 6.42 Å². The predicted octanol–water partition coefficient (Wildman–Crippen LogP) is 3.15. The van der Waals surface area contributed by atoms with Gasteiger partial charge in [-0.2, -0.15) is 0 Å². The zero-order chi connectivity index (χ0) is 24.9. The number of amides is 2. The van der Waals surface area contributed by atoms with Crippen LogP contribution < -0.4 is 10.6 Å². The highest BCUT2D eigenvalue weighted by Gasteiger charge is 2.37. The first-order chi connectivity index (χ1) is 16.8. The van der Waals surface area contributed by atoms with Crippen molar-refractivity contribution in [3.8, 4) is 11.1 Å². The van der Waals surface area contributed by atoms with Crippen LogP contribution in [0.5, 0.6) is 0 Å². The van der Waals surface area contributed by atoms with Crippen LogP contribution in [0, 0.1) is 5.92 Å². The minimum Gasteiger partial charge on any atom is -0.481 e. The average molecular weight is 488 g/mol. The lowest BCUT2D eigenvalue weighted by atomic mass is 9.98. The van der Waals surface area contributed by atoms with E-state index < -0.39 is 48.9 Å². The molecule has 3 atom stereocenters. The van der Waals surface area contributed by atoms with Gasteiger partial charge in [-0.3, -0.25) is 9.59 Å². The van der Waals surface area contributed by atoms with E-state index in [4.69, 9.17) is 14.6 Å². The van der Waals surface area contributed by atoms with E-state index in [-0.39, 0.29) is 25.7 Å². The van der Waals surface area contributed by atoms with Gasteiger partial charge in [0.1, 0.15) is 18.8 Å². The van der Waals surface area contributed by atoms with Crippen LogP contribution in [0.2, 0.25) is 0 Å². The van der Waals surface area contributed by atoms with Gasteiger partial charge in [0, 0.05) is 25.0 Å². The fourth-order valence-corrected chi connectivity index (χ4v) is 4.65. The van der Waals surface area contributed by atoms with E-state index in [1.807, 2.05) is 53.8 Å². The van der Waals surface area contributed by atoms with Crippen LogP contribution in [-0.4, -0.2) is 61.4 Å². The second-order valence-corrected chi connectivity index (χ2v) is 8.59. The number of alkyl carbamates (subject to hydrolysis) is 1. The fraction of sp³-hybridized carbons (Fsp3) is 0.400. The molecule has 2 aliphatic rings. The second-order valence-electron chi connectivity index (χ2n) is 8.59. The molecule has 1 fully saturated rings. The highest BCUT2D eigenvalue weighted by atomic mass is 19.3. The van der Waals surface area contributed by atoms with Gasteiger partial charge in [0.15, 0.2) is 0 Å². The second kappa shape index (κ2) is 10.8. The van der Waals surface area contributed by atoms with Gasteiger partial charge in [-0.15, -0.1) is 0 Å². The molecule has 10 heteroatoms. The highest BCUT2D eigenvalue weighted by molar-refractivity contribution is 5.82. The predicted molar refractivity (Wildman–Crippen MR) is 121 cm³/mol. The Kier molecular flexibility index (Phi) is 7.60. The number of aliphatic carboxylic acids is 1. The van der Waals surface area contributed by atoms with E-state index >= 15 is 0 Å². The normalized spacial score (nSPS) is 19.6. The number of halogens is 2. The number of carbonyl (C=O) groups is 3. The van der Waals surface area contributed by atoms with Crippen molar-refractivity contribution in [2.45, 2.75) is 37.3 Å². The lowest BCUT2D eigenvalue weighted by molar-refractivity contribution is -0.140. The largest absolute Gasteiger partial charge is 0.481 e. The van der Waals surface area contributed by atoms with Crippen molar-refractivity contribution in [1.29, 1.82) is 0 Å². The van der Waals surface area contributed by atoms with Gasteiger partial charge >= 0.3 is 12.1 Å². The van der Waals surface area contributed by atoms with Gasteiger partial charge in [-0.05, 0) is 28.7 Å². The van der Waals surface area contributed by atoms with Crippen molar-refractivity contribution in [3.05, 3.63) is 59.7 Å². The average Bonchev–Trinajstić information content (AvgIpc) is 3.43. The number of rotatable bonds is 9. The van der Waals surface area contributed by atoms with Crippen LogP contribution in [0.3, 0.4) is 0 Å². The van der Waals surface area contributed by atoms with Crippen LogP contribution in [0.1, 0.15) is 29.9 Å². The van der Waals surface area contributed by atoms with Crippen molar-refractivity contribution < 1.29 is 37.7 Å². The SMILES string of the molecule is O=C(O)CC(NC(=O)C1OCCC1CNC(=O)OCC1c2ccccc2-c2ccccc21)C(F)F. The van der Waals surface area contributed by atoms with Gasteiger partial charge in [0.2, 0.25) is 5.91 Å². The van der Waals surface area contributed by atoms with Gasteiger partial charge in [-0.1, -0.05) is 48.5 Å². The summed E-state index contributed by atoms with van der Waals surface area (Å²) in [7, 11) is 0. The molecule has 2 amide bonds. The number of nitrogens with one attached hydrogen (secondary N) is 2. The molecule has 4 rings (SSSR count). The molecule has 2 aromatic rings. The van der Waals surface area contributed by atoms with Gasteiger partial charge in [-0.25, -0.2) is 13.6 Å². The molecule has 1 heterocycles. The van der Waals surface area contributed by atoms with Crippen LogP contribution >= 0.6 is 0 Å². The molecule has 3 N–H and O–H groups in total. The summed E-state index contributed by atoms with van der Waals surface area (Å²) in [5.74, 6) is -2.83. The Hall–Kier alpha value is -3.53. The molecule has 2 aromatic carbocycles. The topological polar surface area (TPSA) is 114 Å². The lowest BCUT2D eigenvalue weighted by Crippen LogP contribution is -2.48. The number of carbonyl (C=O) groups excluding carboxylic acids is 2. The molecule has 0 spiro atoms. The molecule has 1 aliphatic carbocycles. The van der Waals surface area contributed by atoms with Crippen LogP contribution in [0.15, 0.2) is 48.5 Å². The van der Waals surface area contributed by atoms with E-state index in [0.717, 1.165) is 22.3 Å². The van der Waals surface area contributed by atoms with E-state index in [2.05, 4.69) is 5.32 Å². The molecule has 0 aromatic heterocycles. The van der Waals surface area contributed by atoms with E-state index in [1.165, 1.54) is 0 Å². The Balaban J connectivity index is 1.30. The molecule has 8 nitrogen and oxygen atoms in total. The third kappa shape index (κ3) is 5.59. The Morgan fingerprint density at radius 2 is 1.69 bits per heavy atom. The Bertz CT molecular complexity index is 1050. The summed E-state index contributed by atoms with van der Waals surface area (Å²) in [6.07, 6.45) is -5.24. The monoisotopic (exact) mass is 488 g/mol. The quantitative estimate of drug-likeness (QED) is 0.500. The fourth-order valence-electron chi connectivity index (χ4n) is 4.65. The van der Waals surface area contributed by atoms with Crippen molar-refractivity contribution in [2.75, 3.05) is 19.8 Å². The molecule has 35 heavy (non-hydrogen) atoms. The minimum absolute atomic E-state index is 0.0486. The number of hydrogen-bond acceptors (Lipinski definition) is 5. The lowest BCUT2D eigenvalue weighted by Gasteiger charge is -2.22. The zero-order valence-corrected chi connectivity index (χ0v) is 18.8. The number of fused-ring (bicyclic) bond motifs is 3. The van der Waals surface area contributed by atoms with Crippen molar-refractivity contribution >= 4 is 18.0 Å². The number of alkyl halides is 2. The molecule has 0 bridgehead atoms.